The van der Waals surface area contributed by atoms with E-state index < -0.39 is 0 Å². The summed E-state index contributed by atoms with van der Waals surface area (Å²) in [6.07, 6.45) is 7.97. The average molecular weight is 177 g/mol. The summed E-state index contributed by atoms with van der Waals surface area (Å²) in [7, 11) is 0. The Labute approximate surface area is 78.1 Å². The number of hydrogen-bond donors (Lipinski definition) is 1. The molecule has 5 aliphatic rings. The summed E-state index contributed by atoms with van der Waals surface area (Å²) in [6, 6.07) is 0. The van der Waals surface area contributed by atoms with Crippen molar-refractivity contribution < 1.29 is 5.11 Å². The second-order valence-corrected chi connectivity index (χ2v) is 5.71. The summed E-state index contributed by atoms with van der Waals surface area (Å²) in [5, 5.41) is 10.3. The van der Waals surface area contributed by atoms with Gasteiger partial charge in [-0.25, -0.2) is 0 Å². The minimum Gasteiger partial charge on any atom is -0.390 e. The molecule has 70 valence electrons. The Morgan fingerprint density at radius 1 is 1.15 bits per heavy atom. The van der Waals surface area contributed by atoms with Crippen molar-refractivity contribution in [2.75, 3.05) is 0 Å². The van der Waals surface area contributed by atoms with E-state index in [1.165, 1.54) is 12.8 Å². The van der Waals surface area contributed by atoms with Crippen LogP contribution in [0.25, 0.3) is 0 Å². The molecular weight excluding hydrogens is 162 g/mol. The van der Waals surface area contributed by atoms with Crippen molar-refractivity contribution in [1.29, 1.82) is 0 Å². The van der Waals surface area contributed by atoms with Crippen molar-refractivity contribution in [2.24, 2.45) is 22.7 Å². The van der Waals surface area contributed by atoms with Gasteiger partial charge in [-0.3, -0.25) is 4.99 Å². The van der Waals surface area contributed by atoms with E-state index in [2.05, 4.69) is 11.2 Å². The van der Waals surface area contributed by atoms with Crippen molar-refractivity contribution in [2.45, 2.75) is 43.2 Å². The number of rotatable bonds is 0. The third kappa shape index (κ3) is 0.687. The highest BCUT2D eigenvalue weighted by Gasteiger charge is 2.64. The zero-order chi connectivity index (χ0) is 8.68. The van der Waals surface area contributed by atoms with Crippen LogP contribution < -0.4 is 0 Å². The first-order valence-corrected chi connectivity index (χ1v) is 5.49. The van der Waals surface area contributed by atoms with E-state index in [9.17, 15) is 5.11 Å². The maximum atomic E-state index is 10.3. The van der Waals surface area contributed by atoms with Gasteiger partial charge in [-0.15, -0.1) is 0 Å². The molecule has 1 heterocycles. The topological polar surface area (TPSA) is 32.6 Å². The first-order chi connectivity index (χ1) is 6.20. The second kappa shape index (κ2) is 1.72. The molecule has 0 aromatic carbocycles. The summed E-state index contributed by atoms with van der Waals surface area (Å²) in [6.45, 7) is 0. The monoisotopic (exact) mass is 177 g/mol. The molecule has 5 rings (SSSR count). The maximum Gasteiger partial charge on any atom is 0.101 e. The second-order valence-electron chi connectivity index (χ2n) is 5.71. The van der Waals surface area contributed by atoms with Crippen LogP contribution >= 0.6 is 0 Å². The number of nitrogens with zero attached hydrogens (tertiary/aromatic N) is 1. The molecule has 0 amide bonds. The van der Waals surface area contributed by atoms with Gasteiger partial charge < -0.3 is 5.11 Å². The van der Waals surface area contributed by atoms with E-state index in [4.69, 9.17) is 0 Å². The van der Waals surface area contributed by atoms with Gasteiger partial charge in [-0.2, -0.15) is 0 Å². The van der Waals surface area contributed by atoms with Gasteiger partial charge in [-0.05, 0) is 49.9 Å². The fraction of sp³-hybridized carbons (Fsp3) is 0.909. The molecule has 13 heavy (non-hydrogen) atoms. The van der Waals surface area contributed by atoms with Crippen molar-refractivity contribution in [3.05, 3.63) is 0 Å². The van der Waals surface area contributed by atoms with E-state index >= 15 is 0 Å². The van der Waals surface area contributed by atoms with Crippen molar-refractivity contribution >= 4 is 6.21 Å². The van der Waals surface area contributed by atoms with Crippen LogP contribution in [0.3, 0.4) is 0 Å². The molecule has 2 heteroatoms. The molecule has 5 atom stereocenters. The van der Waals surface area contributed by atoms with Crippen LogP contribution in [0.1, 0.15) is 32.1 Å². The molecule has 4 aliphatic carbocycles. The number of aliphatic imine (C=N–C) groups is 1. The quantitative estimate of drug-likeness (QED) is 0.595. The highest BCUT2D eigenvalue weighted by Crippen LogP contribution is 2.63. The Bertz CT molecular complexity index is 285. The number of hydrogen-bond acceptors (Lipinski definition) is 2. The van der Waals surface area contributed by atoms with Crippen molar-refractivity contribution in [3.63, 3.8) is 0 Å². The molecule has 0 saturated heterocycles. The molecule has 0 radical (unpaired) electrons. The standard InChI is InChI=1S/C11H15NO/c13-10-3-7-1-8(4-10)11(6-12-11)9(2-7)5-10/h6-9,13H,1-5H2/t7?,8-,9+,10?,11?. The van der Waals surface area contributed by atoms with Gasteiger partial charge in [-0.1, -0.05) is 0 Å². The molecule has 0 aromatic rings. The third-order valence-electron chi connectivity index (χ3n) is 4.89. The third-order valence-corrected chi connectivity index (χ3v) is 4.89. The summed E-state index contributed by atoms with van der Waals surface area (Å²) >= 11 is 0. The van der Waals surface area contributed by atoms with E-state index in [0.717, 1.165) is 25.2 Å². The van der Waals surface area contributed by atoms with Crippen molar-refractivity contribution in [3.8, 4) is 0 Å². The lowest BCUT2D eigenvalue weighted by atomic mass is 9.49. The van der Waals surface area contributed by atoms with Crippen LogP contribution in [0, 0.1) is 17.8 Å². The zero-order valence-electron chi connectivity index (χ0n) is 7.74. The normalized spacial score (nSPS) is 66.4. The molecule has 1 N–H and O–H groups in total. The van der Waals surface area contributed by atoms with E-state index in [1.807, 2.05) is 0 Å². The SMILES string of the molecule is OC12CC3C[C@H](C1)C1(C=N1)[C@@H](C3)C2. The molecule has 1 spiro atoms. The maximum absolute atomic E-state index is 10.3. The largest absolute Gasteiger partial charge is 0.390 e. The lowest BCUT2D eigenvalue weighted by Gasteiger charge is -2.57. The molecule has 3 unspecified atom stereocenters. The summed E-state index contributed by atoms with van der Waals surface area (Å²) in [5.74, 6) is 2.21. The van der Waals surface area contributed by atoms with E-state index in [-0.39, 0.29) is 11.1 Å². The predicted molar refractivity (Wildman–Crippen MR) is 49.7 cm³/mol. The fourth-order valence-corrected chi connectivity index (χ4v) is 4.47. The van der Waals surface area contributed by atoms with Crippen LogP contribution in [0.2, 0.25) is 0 Å². The molecule has 0 aromatic heterocycles. The molecule has 2 nitrogen and oxygen atoms in total. The van der Waals surface area contributed by atoms with Crippen LogP contribution in [-0.2, 0) is 0 Å². The van der Waals surface area contributed by atoms with Crippen LogP contribution in [0.4, 0.5) is 0 Å². The molecular formula is C11H15NO. The van der Waals surface area contributed by atoms with Gasteiger partial charge in [0.05, 0.1) is 5.60 Å². The average Bonchev–Trinajstić information content (AvgIpc) is 2.77. The van der Waals surface area contributed by atoms with Crippen molar-refractivity contribution in [1.82, 2.24) is 0 Å². The highest BCUT2D eigenvalue weighted by atomic mass is 16.3. The predicted octanol–water partition coefficient (Wildman–Crippen LogP) is 1.38. The molecule has 1 aliphatic heterocycles. The zero-order valence-corrected chi connectivity index (χ0v) is 7.74. The minimum absolute atomic E-state index is 0.267. The van der Waals surface area contributed by atoms with Gasteiger partial charge in [0.1, 0.15) is 5.54 Å². The Kier molecular flexibility index (Phi) is 0.926. The Morgan fingerprint density at radius 2 is 1.77 bits per heavy atom. The van der Waals surface area contributed by atoms with E-state index in [0.29, 0.717) is 11.8 Å². The Balaban J connectivity index is 1.79. The van der Waals surface area contributed by atoms with E-state index in [1.54, 1.807) is 0 Å². The van der Waals surface area contributed by atoms with Gasteiger partial charge in [0.15, 0.2) is 0 Å². The van der Waals surface area contributed by atoms with Crippen LogP contribution in [-0.4, -0.2) is 22.5 Å². The Hall–Kier alpha value is -0.370. The van der Waals surface area contributed by atoms with Crippen LogP contribution in [0.5, 0.6) is 0 Å². The van der Waals surface area contributed by atoms with Crippen LogP contribution in [0.15, 0.2) is 4.99 Å². The van der Waals surface area contributed by atoms with Gasteiger partial charge >= 0.3 is 0 Å². The lowest BCUT2D eigenvalue weighted by molar-refractivity contribution is -0.136. The first-order valence-electron chi connectivity index (χ1n) is 5.49. The molecule has 4 fully saturated rings. The summed E-state index contributed by atoms with van der Waals surface area (Å²) in [5.41, 5.74) is -0.0170. The summed E-state index contributed by atoms with van der Waals surface area (Å²) in [4.78, 5) is 4.53. The van der Waals surface area contributed by atoms with Gasteiger partial charge in [0.2, 0.25) is 0 Å². The minimum atomic E-state index is -0.284. The molecule has 4 bridgehead atoms. The molecule has 4 saturated carbocycles. The van der Waals surface area contributed by atoms with Gasteiger partial charge in [0, 0.05) is 6.21 Å². The fourth-order valence-electron chi connectivity index (χ4n) is 4.47. The number of aliphatic hydroxyl groups is 1. The Morgan fingerprint density at radius 3 is 2.23 bits per heavy atom. The van der Waals surface area contributed by atoms with Gasteiger partial charge in [0.25, 0.3) is 0 Å². The highest BCUT2D eigenvalue weighted by molar-refractivity contribution is 5.86. The first kappa shape index (κ1) is 6.99. The lowest BCUT2D eigenvalue weighted by Crippen LogP contribution is -2.59. The smallest absolute Gasteiger partial charge is 0.101 e. The summed E-state index contributed by atoms with van der Waals surface area (Å²) < 4.78 is 0.